The number of rotatable bonds is 13. The van der Waals surface area contributed by atoms with Gasteiger partial charge in [-0.3, -0.25) is 18.8 Å². The first-order chi connectivity index (χ1) is 27.2. The highest BCUT2D eigenvalue weighted by Gasteiger charge is 2.29. The van der Waals surface area contributed by atoms with Gasteiger partial charge in [-0.25, -0.2) is 14.8 Å². The number of ether oxygens (including phenoxy) is 2. The summed E-state index contributed by atoms with van der Waals surface area (Å²) >= 11 is 14.3. The van der Waals surface area contributed by atoms with Gasteiger partial charge in [-0.15, -0.1) is 0 Å². The molecule has 0 spiro atoms. The number of carbonyl (C=O) groups is 3. The SMILES string of the molecule is COc1nc(-c2cccc(-c3cccc(-c4ccn5c(=O)c(CNCCNC(C)=O)cnc5c4)c3Cl)c2Cl)ccc1CN(C[C@@H]1CCC(=O)N1)C(=O)OC(C)(C)C. The Bertz CT molecular complexity index is 2380. The summed E-state index contributed by atoms with van der Waals surface area (Å²) in [4.78, 5) is 60.4. The van der Waals surface area contributed by atoms with E-state index in [-0.39, 0.29) is 36.5 Å². The number of halogens is 2. The number of carbonyl (C=O) groups excluding carboxylic acids is 3. The summed E-state index contributed by atoms with van der Waals surface area (Å²) in [6.07, 6.45) is 3.76. The average molecular weight is 815 g/mol. The fourth-order valence-electron chi connectivity index (χ4n) is 6.59. The molecule has 1 atom stereocenters. The lowest BCUT2D eigenvalue weighted by molar-refractivity contribution is -0.120. The maximum absolute atomic E-state index is 13.3. The zero-order valence-electron chi connectivity index (χ0n) is 32.4. The summed E-state index contributed by atoms with van der Waals surface area (Å²) in [7, 11) is 1.52. The Hall–Kier alpha value is -5.50. The smallest absolute Gasteiger partial charge is 0.410 e. The maximum atomic E-state index is 13.3. The predicted octanol–water partition coefficient (Wildman–Crippen LogP) is 6.65. The van der Waals surface area contributed by atoms with Crippen molar-refractivity contribution in [1.29, 1.82) is 0 Å². The Balaban J connectivity index is 1.25. The number of fused-ring (bicyclic) bond motifs is 1. The topological polar surface area (TPSA) is 156 Å². The van der Waals surface area contributed by atoms with Gasteiger partial charge in [-0.2, -0.15) is 0 Å². The third kappa shape index (κ3) is 9.91. The van der Waals surface area contributed by atoms with E-state index in [1.54, 1.807) is 38.1 Å². The first kappa shape index (κ1) is 41.1. The van der Waals surface area contributed by atoms with Gasteiger partial charge in [0.25, 0.3) is 5.56 Å². The van der Waals surface area contributed by atoms with Crippen LogP contribution in [0, 0.1) is 0 Å². The molecule has 0 radical (unpaired) electrons. The Kier molecular flexibility index (Phi) is 12.8. The minimum absolute atomic E-state index is 0.0413. The normalized spacial score (nSPS) is 14.0. The molecule has 1 aliphatic rings. The molecular weight excluding hydrogens is 769 g/mol. The van der Waals surface area contributed by atoms with Crippen LogP contribution in [0.4, 0.5) is 4.79 Å². The molecule has 1 saturated heterocycles. The standard InChI is InChI=1S/C42H45Cl2N7O6/c1-25(52)46-18-17-45-21-28-22-47-35-20-26(16-19-51(35)40(28)54)30-8-6-9-31(37(30)43)32-10-7-11-33(38(32)44)34-14-12-27(39(49-34)56-5)23-50(41(55)57-42(2,3)4)24-29-13-15-36(53)48-29/h6-12,14,16,19-20,22,29,45H,13,15,17-18,21,23-24H2,1-5H3,(H,46,52)(H,48,53)/t29-/m0/s1. The van der Waals surface area contributed by atoms with Crippen LogP contribution in [0.25, 0.3) is 39.2 Å². The number of pyridine rings is 2. The van der Waals surface area contributed by atoms with Gasteiger partial charge in [-0.1, -0.05) is 59.6 Å². The van der Waals surface area contributed by atoms with Crippen molar-refractivity contribution in [3.05, 3.63) is 105 Å². The molecule has 15 heteroatoms. The van der Waals surface area contributed by atoms with E-state index in [4.69, 9.17) is 37.7 Å². The summed E-state index contributed by atoms with van der Waals surface area (Å²) < 4.78 is 12.9. The molecule has 1 fully saturated rings. The lowest BCUT2D eigenvalue weighted by Crippen LogP contribution is -2.43. The zero-order chi connectivity index (χ0) is 40.9. The van der Waals surface area contributed by atoms with Crippen LogP contribution in [0.3, 0.4) is 0 Å². The third-order valence-electron chi connectivity index (χ3n) is 9.32. The molecule has 1 aliphatic heterocycles. The van der Waals surface area contributed by atoms with E-state index in [0.29, 0.717) is 87.6 Å². The van der Waals surface area contributed by atoms with E-state index < -0.39 is 11.7 Å². The second-order valence-electron chi connectivity index (χ2n) is 14.8. The van der Waals surface area contributed by atoms with Crippen LogP contribution in [-0.2, 0) is 27.4 Å². The summed E-state index contributed by atoms with van der Waals surface area (Å²) in [6, 6.07) is 18.4. The molecule has 57 heavy (non-hydrogen) atoms. The van der Waals surface area contributed by atoms with Gasteiger partial charge >= 0.3 is 6.09 Å². The molecule has 2 aromatic carbocycles. The van der Waals surface area contributed by atoms with Crippen LogP contribution < -0.4 is 26.2 Å². The number of methoxy groups -OCH3 is 1. The number of amides is 3. The van der Waals surface area contributed by atoms with Gasteiger partial charge in [-0.05, 0) is 57.0 Å². The second kappa shape index (κ2) is 17.7. The van der Waals surface area contributed by atoms with Crippen molar-refractivity contribution in [1.82, 2.24) is 35.2 Å². The van der Waals surface area contributed by atoms with Gasteiger partial charge in [0.15, 0.2) is 0 Å². The van der Waals surface area contributed by atoms with E-state index in [2.05, 4.69) is 20.9 Å². The molecule has 3 amide bonds. The highest BCUT2D eigenvalue weighted by molar-refractivity contribution is 6.39. The van der Waals surface area contributed by atoms with E-state index >= 15 is 0 Å². The van der Waals surface area contributed by atoms with Gasteiger partial charge in [0.05, 0.1) is 29.4 Å². The predicted molar refractivity (Wildman–Crippen MR) is 220 cm³/mol. The Morgan fingerprint density at radius 2 is 1.67 bits per heavy atom. The monoisotopic (exact) mass is 813 g/mol. The van der Waals surface area contributed by atoms with E-state index in [1.807, 2.05) is 60.7 Å². The largest absolute Gasteiger partial charge is 0.481 e. The molecular formula is C42H45Cl2N7O6. The van der Waals surface area contributed by atoms with Crippen molar-refractivity contribution in [3.8, 4) is 39.4 Å². The number of hydrogen-bond donors (Lipinski definition) is 3. The molecule has 0 saturated carbocycles. The highest BCUT2D eigenvalue weighted by Crippen LogP contribution is 2.42. The lowest BCUT2D eigenvalue weighted by atomic mass is 9.97. The fourth-order valence-corrected chi connectivity index (χ4v) is 7.25. The van der Waals surface area contributed by atoms with Gasteiger partial charge in [0, 0.05) is 91.3 Å². The number of nitrogens with one attached hydrogen (secondary N) is 3. The molecule has 0 aliphatic carbocycles. The van der Waals surface area contributed by atoms with Crippen LogP contribution in [-0.4, -0.2) is 75.6 Å². The van der Waals surface area contributed by atoms with Crippen LogP contribution in [0.2, 0.25) is 10.0 Å². The summed E-state index contributed by atoms with van der Waals surface area (Å²) in [6.45, 7) is 8.57. The van der Waals surface area contributed by atoms with Crippen LogP contribution >= 0.6 is 23.2 Å². The molecule has 5 aromatic rings. The summed E-state index contributed by atoms with van der Waals surface area (Å²) in [5.41, 5.74) is 4.78. The molecule has 13 nitrogen and oxygen atoms in total. The maximum Gasteiger partial charge on any atom is 0.410 e. The van der Waals surface area contributed by atoms with Crippen molar-refractivity contribution in [3.63, 3.8) is 0 Å². The number of benzene rings is 2. The number of nitrogens with zero attached hydrogens (tertiary/aromatic N) is 4. The lowest BCUT2D eigenvalue weighted by Gasteiger charge is -2.29. The molecule has 6 rings (SSSR count). The van der Waals surface area contributed by atoms with Gasteiger partial charge in [0.2, 0.25) is 17.7 Å². The van der Waals surface area contributed by atoms with Crippen molar-refractivity contribution in [2.45, 2.75) is 65.3 Å². The first-order valence-corrected chi connectivity index (χ1v) is 19.3. The van der Waals surface area contributed by atoms with Crippen molar-refractivity contribution in [2.75, 3.05) is 26.7 Å². The van der Waals surface area contributed by atoms with E-state index in [0.717, 1.165) is 11.1 Å². The summed E-state index contributed by atoms with van der Waals surface area (Å²) in [5, 5.41) is 9.68. The minimum Gasteiger partial charge on any atom is -0.481 e. The van der Waals surface area contributed by atoms with E-state index in [1.165, 1.54) is 18.4 Å². The molecule has 0 unspecified atom stereocenters. The van der Waals surface area contributed by atoms with E-state index in [9.17, 15) is 19.2 Å². The van der Waals surface area contributed by atoms with Crippen molar-refractivity contribution >= 4 is 46.8 Å². The quantitative estimate of drug-likeness (QED) is 0.111. The van der Waals surface area contributed by atoms with Crippen molar-refractivity contribution < 1.29 is 23.9 Å². The number of aromatic nitrogens is 3. The highest BCUT2D eigenvalue weighted by atomic mass is 35.5. The molecule has 3 N–H and O–H groups in total. The Labute approximate surface area is 340 Å². The summed E-state index contributed by atoms with van der Waals surface area (Å²) in [5.74, 6) is 0.159. The van der Waals surface area contributed by atoms with Gasteiger partial charge < -0.3 is 30.3 Å². The Morgan fingerprint density at radius 1 is 0.965 bits per heavy atom. The molecule has 3 aromatic heterocycles. The zero-order valence-corrected chi connectivity index (χ0v) is 34.0. The molecule has 0 bridgehead atoms. The van der Waals surface area contributed by atoms with Crippen molar-refractivity contribution in [2.24, 2.45) is 0 Å². The van der Waals surface area contributed by atoms with Gasteiger partial charge in [0.1, 0.15) is 11.2 Å². The molecule has 298 valence electrons. The second-order valence-corrected chi connectivity index (χ2v) is 15.5. The third-order valence-corrected chi connectivity index (χ3v) is 10.1. The molecule has 4 heterocycles. The first-order valence-electron chi connectivity index (χ1n) is 18.6. The average Bonchev–Trinajstić information content (AvgIpc) is 3.59. The number of hydrogen-bond acceptors (Lipinski definition) is 9. The Morgan fingerprint density at radius 3 is 2.33 bits per heavy atom. The minimum atomic E-state index is -0.710. The van der Waals surface area contributed by atoms with Crippen LogP contribution in [0.15, 0.2) is 77.9 Å². The fraction of sp³-hybridized carbons (Fsp3) is 0.333. The van der Waals surface area contributed by atoms with Crippen LogP contribution in [0.1, 0.15) is 51.7 Å². The van der Waals surface area contributed by atoms with Crippen LogP contribution in [0.5, 0.6) is 5.88 Å².